The van der Waals surface area contributed by atoms with Crippen molar-refractivity contribution in [1.29, 1.82) is 0 Å². The van der Waals surface area contributed by atoms with E-state index >= 15 is 0 Å². The number of hydrogen-bond donors (Lipinski definition) is 0. The third-order valence-corrected chi connectivity index (χ3v) is 3.26. The highest BCUT2D eigenvalue weighted by Crippen LogP contribution is 2.37. The zero-order valence-electron chi connectivity index (χ0n) is 8.08. The molecular formula is C10H15ClO3. The van der Waals surface area contributed by atoms with Gasteiger partial charge in [-0.3, -0.25) is 0 Å². The van der Waals surface area contributed by atoms with Crippen LogP contribution in [-0.4, -0.2) is 24.2 Å². The third-order valence-electron chi connectivity index (χ3n) is 3.15. The van der Waals surface area contributed by atoms with Crippen LogP contribution in [-0.2, 0) is 9.47 Å². The summed E-state index contributed by atoms with van der Waals surface area (Å²) in [6.45, 7) is 0.315. The van der Waals surface area contributed by atoms with E-state index in [1.807, 2.05) is 0 Å². The lowest BCUT2D eigenvalue weighted by molar-refractivity contribution is -0.00708. The van der Waals surface area contributed by atoms with E-state index in [1.165, 1.54) is 19.3 Å². The summed E-state index contributed by atoms with van der Waals surface area (Å²) < 4.78 is 10.5. The lowest BCUT2D eigenvalue weighted by atomic mass is 9.85. The average Bonchev–Trinajstić information content (AvgIpc) is 2.57. The molecule has 3 nitrogen and oxygen atoms in total. The molecule has 3 unspecified atom stereocenters. The summed E-state index contributed by atoms with van der Waals surface area (Å²) in [7, 11) is 0. The van der Waals surface area contributed by atoms with E-state index in [2.05, 4.69) is 0 Å². The SMILES string of the molecule is O=C(Cl)OCC1CC2CCCCC2O1. The van der Waals surface area contributed by atoms with E-state index in [0.717, 1.165) is 12.8 Å². The molecule has 1 saturated heterocycles. The highest BCUT2D eigenvalue weighted by atomic mass is 35.5. The minimum atomic E-state index is -0.733. The summed E-state index contributed by atoms with van der Waals surface area (Å²) in [4.78, 5) is 10.4. The highest BCUT2D eigenvalue weighted by molar-refractivity contribution is 6.61. The van der Waals surface area contributed by atoms with E-state index in [1.54, 1.807) is 0 Å². The van der Waals surface area contributed by atoms with Crippen LogP contribution < -0.4 is 0 Å². The number of ether oxygens (including phenoxy) is 2. The molecule has 14 heavy (non-hydrogen) atoms. The first-order valence-corrected chi connectivity index (χ1v) is 5.61. The molecule has 2 rings (SSSR count). The van der Waals surface area contributed by atoms with E-state index in [0.29, 0.717) is 18.6 Å². The molecular weight excluding hydrogens is 204 g/mol. The monoisotopic (exact) mass is 218 g/mol. The van der Waals surface area contributed by atoms with E-state index < -0.39 is 5.43 Å². The van der Waals surface area contributed by atoms with Gasteiger partial charge in [0.05, 0.1) is 12.2 Å². The van der Waals surface area contributed by atoms with Gasteiger partial charge in [-0.15, -0.1) is 0 Å². The van der Waals surface area contributed by atoms with Crippen LogP contribution in [0.15, 0.2) is 0 Å². The van der Waals surface area contributed by atoms with Crippen LogP contribution in [0.4, 0.5) is 4.79 Å². The van der Waals surface area contributed by atoms with Crippen molar-refractivity contribution >= 4 is 17.0 Å². The Morgan fingerprint density at radius 2 is 2.21 bits per heavy atom. The molecule has 0 N–H and O–H groups in total. The molecule has 0 amide bonds. The fraction of sp³-hybridized carbons (Fsp3) is 0.900. The lowest BCUT2D eigenvalue weighted by Gasteiger charge is -2.23. The van der Waals surface area contributed by atoms with Gasteiger partial charge in [0, 0.05) is 11.6 Å². The summed E-state index contributed by atoms with van der Waals surface area (Å²) in [5, 5.41) is 0. The van der Waals surface area contributed by atoms with Crippen molar-refractivity contribution in [2.75, 3.05) is 6.61 Å². The topological polar surface area (TPSA) is 35.5 Å². The number of hydrogen-bond acceptors (Lipinski definition) is 3. The Hall–Kier alpha value is -0.280. The van der Waals surface area contributed by atoms with Crippen molar-refractivity contribution in [2.45, 2.75) is 44.3 Å². The Balaban J connectivity index is 1.78. The third kappa shape index (κ3) is 2.39. The number of rotatable bonds is 2. The Bertz CT molecular complexity index is 205. The van der Waals surface area contributed by atoms with Gasteiger partial charge in [-0.1, -0.05) is 12.8 Å². The molecule has 3 atom stereocenters. The summed E-state index contributed by atoms with van der Waals surface area (Å²) in [5.74, 6) is 0.683. The van der Waals surface area contributed by atoms with Gasteiger partial charge < -0.3 is 9.47 Å². The quantitative estimate of drug-likeness (QED) is 0.669. The van der Waals surface area contributed by atoms with Gasteiger partial charge >= 0.3 is 5.43 Å². The average molecular weight is 219 g/mol. The van der Waals surface area contributed by atoms with Gasteiger partial charge in [-0.2, -0.15) is 0 Å². The minimum absolute atomic E-state index is 0.0748. The zero-order chi connectivity index (χ0) is 9.97. The molecule has 0 aromatic heterocycles. The number of carbonyl (C=O) groups excluding carboxylic acids is 1. The zero-order valence-corrected chi connectivity index (χ0v) is 8.83. The molecule has 4 heteroatoms. The second-order valence-electron chi connectivity index (χ2n) is 4.13. The molecule has 1 aliphatic heterocycles. The van der Waals surface area contributed by atoms with Crippen molar-refractivity contribution in [3.63, 3.8) is 0 Å². The molecule has 1 saturated carbocycles. The maximum atomic E-state index is 10.4. The molecule has 0 radical (unpaired) electrons. The number of carbonyl (C=O) groups is 1. The van der Waals surface area contributed by atoms with E-state index in [-0.39, 0.29) is 6.10 Å². The van der Waals surface area contributed by atoms with Crippen LogP contribution in [0, 0.1) is 5.92 Å². The van der Waals surface area contributed by atoms with Crippen molar-refractivity contribution in [1.82, 2.24) is 0 Å². The van der Waals surface area contributed by atoms with Crippen LogP contribution >= 0.6 is 11.6 Å². The highest BCUT2D eigenvalue weighted by Gasteiger charge is 2.36. The molecule has 0 aromatic rings. The van der Waals surface area contributed by atoms with E-state index in [4.69, 9.17) is 21.1 Å². The number of halogens is 1. The van der Waals surface area contributed by atoms with Gasteiger partial charge in [0.2, 0.25) is 0 Å². The minimum Gasteiger partial charge on any atom is -0.451 e. The Labute approximate surface area is 88.7 Å². The molecule has 80 valence electrons. The maximum Gasteiger partial charge on any atom is 0.403 e. The molecule has 2 fully saturated rings. The normalized spacial score (nSPS) is 36.5. The van der Waals surface area contributed by atoms with Crippen LogP contribution in [0.5, 0.6) is 0 Å². The second-order valence-corrected chi connectivity index (χ2v) is 4.43. The predicted octanol–water partition coefficient (Wildman–Crippen LogP) is 2.71. The Kier molecular flexibility index (Phi) is 3.29. The van der Waals surface area contributed by atoms with Crippen LogP contribution in [0.3, 0.4) is 0 Å². The molecule has 0 spiro atoms. The standard InChI is InChI=1S/C10H15ClO3/c11-10(12)13-6-8-5-7-3-1-2-4-9(7)14-8/h7-9H,1-6H2. The van der Waals surface area contributed by atoms with Crippen LogP contribution in [0.1, 0.15) is 32.1 Å². The molecule has 1 heterocycles. The van der Waals surface area contributed by atoms with Gasteiger partial charge in [0.15, 0.2) is 0 Å². The van der Waals surface area contributed by atoms with Crippen LogP contribution in [0.2, 0.25) is 0 Å². The molecule has 0 bridgehead atoms. The van der Waals surface area contributed by atoms with Crippen molar-refractivity contribution in [2.24, 2.45) is 5.92 Å². The maximum absolute atomic E-state index is 10.4. The van der Waals surface area contributed by atoms with Crippen LogP contribution in [0.25, 0.3) is 0 Å². The first-order chi connectivity index (χ1) is 6.75. The second kappa shape index (κ2) is 4.49. The summed E-state index contributed by atoms with van der Waals surface area (Å²) in [6.07, 6.45) is 6.50. The fourth-order valence-electron chi connectivity index (χ4n) is 2.53. The Morgan fingerprint density at radius 3 is 2.93 bits per heavy atom. The van der Waals surface area contributed by atoms with Crippen molar-refractivity contribution in [3.8, 4) is 0 Å². The lowest BCUT2D eigenvalue weighted by Crippen LogP contribution is -2.20. The van der Waals surface area contributed by atoms with Gasteiger partial charge in [0.25, 0.3) is 0 Å². The smallest absolute Gasteiger partial charge is 0.403 e. The molecule has 2 aliphatic rings. The summed E-state index contributed by atoms with van der Waals surface area (Å²) in [6, 6.07) is 0. The largest absolute Gasteiger partial charge is 0.451 e. The molecule has 1 aliphatic carbocycles. The van der Waals surface area contributed by atoms with Gasteiger partial charge in [0.1, 0.15) is 6.61 Å². The molecule has 0 aromatic carbocycles. The Morgan fingerprint density at radius 1 is 1.43 bits per heavy atom. The van der Waals surface area contributed by atoms with Crippen molar-refractivity contribution in [3.05, 3.63) is 0 Å². The van der Waals surface area contributed by atoms with Gasteiger partial charge in [-0.05, 0) is 25.2 Å². The first-order valence-electron chi connectivity index (χ1n) is 5.23. The summed E-state index contributed by atoms with van der Waals surface area (Å²) >= 11 is 5.09. The van der Waals surface area contributed by atoms with Gasteiger partial charge in [-0.25, -0.2) is 4.79 Å². The number of fused-ring (bicyclic) bond motifs is 1. The van der Waals surface area contributed by atoms with Crippen molar-refractivity contribution < 1.29 is 14.3 Å². The summed E-state index contributed by atoms with van der Waals surface area (Å²) in [5.41, 5.74) is -0.733. The predicted molar refractivity (Wildman–Crippen MR) is 52.4 cm³/mol. The van der Waals surface area contributed by atoms with E-state index in [9.17, 15) is 4.79 Å². The fourth-order valence-corrected chi connectivity index (χ4v) is 2.59. The first kappa shape index (κ1) is 10.2.